The standard InChI is InChI=1S/C49H59N7O8/c1-25(2)43(53-48(59)61-6)47(58)56-26(3)10-15-41(56)45-50-23-39(52-45)30-11-13-33-32(19-30)24-63-42-22-34-29(20-36(33)42)12-14-37-35(34)21-38(51-37)40-9-8-16-55(40)46(57)44(54-49(60)62-7)31-17-27(4)64-28(5)18-31/h11-14,19-20,22-23,25-28,31,40-41,43-44H,8-10,15-18,21,24H2,1-7H3,(H,50,52)(H,53,59)(H,54,60)/t26-,27+,28+,40-,41-,43-,44-/m0/s1. The number of carbonyl (C=O) groups is 4. The predicted octanol–water partition coefficient (Wildman–Crippen LogP) is 7.77. The summed E-state index contributed by atoms with van der Waals surface area (Å²) in [4.78, 5) is 70.2. The van der Waals surface area contributed by atoms with Gasteiger partial charge in [0.1, 0.15) is 30.3 Å². The molecule has 0 aliphatic carbocycles. The van der Waals surface area contributed by atoms with Gasteiger partial charge in [0.15, 0.2) is 0 Å². The van der Waals surface area contributed by atoms with Crippen molar-refractivity contribution in [1.29, 1.82) is 0 Å². The van der Waals surface area contributed by atoms with E-state index >= 15 is 0 Å². The highest BCUT2D eigenvalue weighted by atomic mass is 16.5. The SMILES string of the molecule is COC(=O)N[C@H](C(=O)N1[C@@H](C)CC[C@H]1c1ncc(-c2ccc3c(c2)COc2cc4c5c(ccc4cc2-3)N=C([C@@H]2CCCN2C(=O)[C@@H](NC(=O)OC)C2C[C@@H](C)O[C@H](C)C2)C5)[nH]1)C(C)C. The molecule has 9 rings (SSSR count). The molecule has 4 amide bonds. The summed E-state index contributed by atoms with van der Waals surface area (Å²) in [6.07, 6.45) is 5.78. The van der Waals surface area contributed by atoms with Crippen LogP contribution in [0.15, 0.2) is 53.7 Å². The molecule has 0 bridgehead atoms. The molecule has 0 saturated carbocycles. The van der Waals surface area contributed by atoms with Gasteiger partial charge < -0.3 is 44.4 Å². The summed E-state index contributed by atoms with van der Waals surface area (Å²) in [6, 6.07) is 13.0. The Kier molecular flexibility index (Phi) is 11.9. The van der Waals surface area contributed by atoms with Crippen LogP contribution in [0.1, 0.15) is 96.1 Å². The number of amides is 4. The molecule has 1 aromatic heterocycles. The molecule has 3 fully saturated rings. The van der Waals surface area contributed by atoms with Crippen molar-refractivity contribution in [3.63, 3.8) is 0 Å². The molecule has 0 unspecified atom stereocenters. The van der Waals surface area contributed by atoms with Gasteiger partial charge in [0, 0.05) is 30.3 Å². The minimum absolute atomic E-state index is 0.0143. The summed E-state index contributed by atoms with van der Waals surface area (Å²) < 4.78 is 22.2. The number of rotatable bonds is 9. The highest BCUT2D eigenvalue weighted by Gasteiger charge is 2.44. The number of imidazole rings is 1. The molecule has 3 saturated heterocycles. The van der Waals surface area contributed by atoms with E-state index in [0.29, 0.717) is 38.2 Å². The summed E-state index contributed by atoms with van der Waals surface area (Å²) >= 11 is 0. The lowest BCUT2D eigenvalue weighted by Crippen LogP contribution is -2.56. The number of methoxy groups -OCH3 is 2. The Labute approximate surface area is 373 Å². The Balaban J connectivity index is 0.925. The number of nitrogens with zero attached hydrogens (tertiary/aromatic N) is 4. The average molecular weight is 874 g/mol. The Morgan fingerprint density at radius 2 is 1.64 bits per heavy atom. The molecular formula is C49H59N7O8. The number of alkyl carbamates (subject to hydrolysis) is 2. The molecule has 5 aliphatic heterocycles. The van der Waals surface area contributed by atoms with Gasteiger partial charge in [-0.25, -0.2) is 14.6 Å². The Hall–Kier alpha value is -5.96. The number of carbonyl (C=O) groups excluding carboxylic acids is 4. The number of aromatic nitrogens is 2. The van der Waals surface area contributed by atoms with Crippen molar-refractivity contribution in [1.82, 2.24) is 30.4 Å². The molecule has 338 valence electrons. The summed E-state index contributed by atoms with van der Waals surface area (Å²) in [5, 5.41) is 7.80. The molecule has 3 aromatic carbocycles. The van der Waals surface area contributed by atoms with Crippen molar-refractivity contribution < 1.29 is 38.1 Å². The van der Waals surface area contributed by atoms with E-state index in [1.54, 1.807) is 0 Å². The minimum atomic E-state index is -0.717. The van der Waals surface area contributed by atoms with E-state index < -0.39 is 24.3 Å². The zero-order valence-electron chi connectivity index (χ0n) is 37.7. The van der Waals surface area contributed by atoms with Crippen LogP contribution < -0.4 is 15.4 Å². The van der Waals surface area contributed by atoms with Crippen LogP contribution in [-0.4, -0.2) is 107 Å². The van der Waals surface area contributed by atoms with E-state index in [-0.39, 0.29) is 54.0 Å². The lowest BCUT2D eigenvalue weighted by atomic mass is 9.85. The molecule has 15 nitrogen and oxygen atoms in total. The second-order valence-electron chi connectivity index (χ2n) is 18.6. The van der Waals surface area contributed by atoms with E-state index in [0.717, 1.165) is 87.1 Å². The molecule has 0 spiro atoms. The number of likely N-dealkylation sites (tertiary alicyclic amines) is 2. The van der Waals surface area contributed by atoms with Crippen molar-refractivity contribution in [2.45, 2.75) is 129 Å². The van der Waals surface area contributed by atoms with Crippen LogP contribution in [0.2, 0.25) is 0 Å². The maximum Gasteiger partial charge on any atom is 0.407 e. The van der Waals surface area contributed by atoms with Gasteiger partial charge in [-0.15, -0.1) is 0 Å². The van der Waals surface area contributed by atoms with Crippen molar-refractivity contribution in [2.75, 3.05) is 20.8 Å². The van der Waals surface area contributed by atoms with Crippen LogP contribution in [-0.2, 0) is 36.8 Å². The second kappa shape index (κ2) is 17.5. The number of ether oxygens (including phenoxy) is 4. The third-order valence-corrected chi connectivity index (χ3v) is 14.0. The number of aromatic amines is 1. The maximum atomic E-state index is 14.4. The van der Waals surface area contributed by atoms with Gasteiger partial charge in [-0.3, -0.25) is 14.6 Å². The molecule has 64 heavy (non-hydrogen) atoms. The number of nitrogens with one attached hydrogen (secondary N) is 3. The highest BCUT2D eigenvalue weighted by Crippen LogP contribution is 2.45. The van der Waals surface area contributed by atoms with Gasteiger partial charge in [0.05, 0.1) is 56.1 Å². The van der Waals surface area contributed by atoms with Gasteiger partial charge in [-0.1, -0.05) is 32.0 Å². The monoisotopic (exact) mass is 873 g/mol. The maximum absolute atomic E-state index is 14.4. The van der Waals surface area contributed by atoms with Gasteiger partial charge in [0.2, 0.25) is 11.8 Å². The number of H-pyrrole nitrogens is 1. The van der Waals surface area contributed by atoms with E-state index in [1.807, 2.05) is 50.6 Å². The van der Waals surface area contributed by atoms with Crippen LogP contribution in [0.25, 0.3) is 33.2 Å². The molecule has 3 N–H and O–H groups in total. The van der Waals surface area contributed by atoms with Crippen molar-refractivity contribution >= 4 is 46.2 Å². The van der Waals surface area contributed by atoms with E-state index in [1.165, 1.54) is 14.2 Å². The molecule has 4 aromatic rings. The van der Waals surface area contributed by atoms with Crippen molar-refractivity contribution in [3.05, 3.63) is 65.6 Å². The van der Waals surface area contributed by atoms with Crippen LogP contribution in [0.3, 0.4) is 0 Å². The van der Waals surface area contributed by atoms with E-state index in [4.69, 9.17) is 28.9 Å². The zero-order valence-corrected chi connectivity index (χ0v) is 37.7. The van der Waals surface area contributed by atoms with Crippen LogP contribution >= 0.6 is 0 Å². The molecular weight excluding hydrogens is 815 g/mol. The van der Waals surface area contributed by atoms with Crippen LogP contribution in [0, 0.1) is 11.8 Å². The van der Waals surface area contributed by atoms with Crippen molar-refractivity contribution in [2.24, 2.45) is 16.8 Å². The van der Waals surface area contributed by atoms with Crippen LogP contribution in [0.5, 0.6) is 5.75 Å². The molecule has 0 radical (unpaired) electrons. The average Bonchev–Trinajstić information content (AvgIpc) is 4.12. The van der Waals surface area contributed by atoms with E-state index in [9.17, 15) is 19.2 Å². The molecule has 6 heterocycles. The van der Waals surface area contributed by atoms with E-state index in [2.05, 4.69) is 58.1 Å². The Morgan fingerprint density at radius 1 is 0.875 bits per heavy atom. The number of benzene rings is 3. The van der Waals surface area contributed by atoms with Crippen LogP contribution in [0.4, 0.5) is 15.3 Å². The fourth-order valence-electron chi connectivity index (χ4n) is 10.9. The topological polar surface area (TPSA) is 177 Å². The highest BCUT2D eigenvalue weighted by molar-refractivity contribution is 6.06. The first-order valence-electron chi connectivity index (χ1n) is 22.8. The zero-order chi connectivity index (χ0) is 45.0. The molecule has 7 atom stereocenters. The summed E-state index contributed by atoms with van der Waals surface area (Å²) in [5.41, 5.74) is 8.00. The first-order chi connectivity index (χ1) is 30.8. The Bertz CT molecular complexity index is 2510. The lowest BCUT2D eigenvalue weighted by molar-refractivity contribution is -0.138. The number of aliphatic imine (C=N–C) groups is 1. The minimum Gasteiger partial charge on any atom is -0.488 e. The third kappa shape index (κ3) is 8.07. The fourth-order valence-corrected chi connectivity index (χ4v) is 10.9. The largest absolute Gasteiger partial charge is 0.488 e. The Morgan fingerprint density at radius 3 is 2.39 bits per heavy atom. The number of fused-ring (bicyclic) bond motifs is 6. The lowest BCUT2D eigenvalue weighted by Gasteiger charge is -2.38. The van der Waals surface area contributed by atoms with Gasteiger partial charge in [0.25, 0.3) is 0 Å². The van der Waals surface area contributed by atoms with Gasteiger partial charge in [-0.05, 0) is 128 Å². The first kappa shape index (κ1) is 43.3. The summed E-state index contributed by atoms with van der Waals surface area (Å²) in [5.74, 6) is 1.09. The van der Waals surface area contributed by atoms with Gasteiger partial charge in [-0.2, -0.15) is 0 Å². The second-order valence-corrected chi connectivity index (χ2v) is 18.6. The summed E-state index contributed by atoms with van der Waals surface area (Å²) in [6.45, 7) is 10.9. The smallest absolute Gasteiger partial charge is 0.407 e. The third-order valence-electron chi connectivity index (χ3n) is 14.0. The van der Waals surface area contributed by atoms with Crippen molar-refractivity contribution in [3.8, 4) is 28.1 Å². The molecule has 5 aliphatic rings. The quantitative estimate of drug-likeness (QED) is 0.152. The summed E-state index contributed by atoms with van der Waals surface area (Å²) in [7, 11) is 2.62. The molecule has 15 heteroatoms. The normalized spacial score (nSPS) is 24.6. The van der Waals surface area contributed by atoms with Gasteiger partial charge >= 0.3 is 12.2 Å². The first-order valence-corrected chi connectivity index (χ1v) is 22.8. The number of hydrogen-bond acceptors (Lipinski definition) is 10. The predicted molar refractivity (Wildman–Crippen MR) is 241 cm³/mol. The fraction of sp³-hybridized carbons (Fsp3) is 0.510. The number of hydrogen-bond donors (Lipinski definition) is 3.